The lowest BCUT2D eigenvalue weighted by Crippen LogP contribution is -2.35. The Kier molecular flexibility index (Phi) is 5.68. The van der Waals surface area contributed by atoms with Crippen molar-refractivity contribution in [3.8, 4) is 22.8 Å². The molecule has 134 valence electrons. The molecule has 0 aliphatic heterocycles. The molecule has 2 aromatic carbocycles. The Hall–Kier alpha value is -2.67. The number of urea groups is 1. The van der Waals surface area contributed by atoms with Crippen molar-refractivity contribution in [3.63, 3.8) is 0 Å². The predicted octanol–water partition coefficient (Wildman–Crippen LogP) is 5.09. The third kappa shape index (κ3) is 4.49. The van der Waals surface area contributed by atoms with Gasteiger partial charge in [-0.2, -0.15) is 4.98 Å². The SMILES string of the molecule is CC[C@H](C)NC(=O)Nc1ccc(-c2noc(-c3cccc(Br)c3)n2)cc1. The molecule has 0 saturated heterocycles. The highest BCUT2D eigenvalue weighted by molar-refractivity contribution is 9.10. The molecular weight excluding hydrogens is 396 g/mol. The molecule has 0 aliphatic carbocycles. The lowest BCUT2D eigenvalue weighted by molar-refractivity contribution is 0.249. The molecule has 2 N–H and O–H groups in total. The van der Waals surface area contributed by atoms with Gasteiger partial charge in [0.25, 0.3) is 5.89 Å². The average Bonchev–Trinajstić information content (AvgIpc) is 3.12. The van der Waals surface area contributed by atoms with Crippen molar-refractivity contribution in [2.45, 2.75) is 26.3 Å². The number of hydrogen-bond donors (Lipinski definition) is 2. The third-order valence-electron chi connectivity index (χ3n) is 3.89. The largest absolute Gasteiger partial charge is 0.335 e. The van der Waals surface area contributed by atoms with E-state index in [0.29, 0.717) is 17.4 Å². The maximum Gasteiger partial charge on any atom is 0.319 e. The number of halogens is 1. The van der Waals surface area contributed by atoms with Gasteiger partial charge in [-0.25, -0.2) is 4.79 Å². The lowest BCUT2D eigenvalue weighted by Gasteiger charge is -2.12. The molecule has 0 spiro atoms. The van der Waals surface area contributed by atoms with E-state index in [4.69, 9.17) is 4.52 Å². The second-order valence-corrected chi connectivity index (χ2v) is 6.83. The minimum atomic E-state index is -0.219. The summed E-state index contributed by atoms with van der Waals surface area (Å²) in [5, 5.41) is 9.69. The van der Waals surface area contributed by atoms with Crippen molar-refractivity contribution in [1.29, 1.82) is 0 Å². The second-order valence-electron chi connectivity index (χ2n) is 5.92. The van der Waals surface area contributed by atoms with Crippen LogP contribution < -0.4 is 10.6 Å². The summed E-state index contributed by atoms with van der Waals surface area (Å²) in [7, 11) is 0. The number of carbonyl (C=O) groups excluding carboxylic acids is 1. The second kappa shape index (κ2) is 8.14. The normalized spacial score (nSPS) is 11.8. The summed E-state index contributed by atoms with van der Waals surface area (Å²) in [6.07, 6.45) is 0.879. The molecule has 0 unspecified atom stereocenters. The highest BCUT2D eigenvalue weighted by Crippen LogP contribution is 2.25. The summed E-state index contributed by atoms with van der Waals surface area (Å²) in [5.41, 5.74) is 2.35. The van der Waals surface area contributed by atoms with Crippen LogP contribution in [0, 0.1) is 0 Å². The van der Waals surface area contributed by atoms with Crippen molar-refractivity contribution in [2.75, 3.05) is 5.32 Å². The summed E-state index contributed by atoms with van der Waals surface area (Å²) in [6, 6.07) is 14.9. The molecule has 1 heterocycles. The van der Waals surface area contributed by atoms with Gasteiger partial charge in [-0.05, 0) is 55.8 Å². The summed E-state index contributed by atoms with van der Waals surface area (Å²) in [6.45, 7) is 3.98. The minimum Gasteiger partial charge on any atom is -0.335 e. The number of hydrogen-bond acceptors (Lipinski definition) is 4. The van der Waals surface area contributed by atoms with E-state index >= 15 is 0 Å². The zero-order chi connectivity index (χ0) is 18.5. The number of carbonyl (C=O) groups is 1. The molecule has 0 saturated carbocycles. The smallest absolute Gasteiger partial charge is 0.319 e. The van der Waals surface area contributed by atoms with Crippen LogP contribution in [-0.4, -0.2) is 22.2 Å². The zero-order valence-electron chi connectivity index (χ0n) is 14.5. The first kappa shape index (κ1) is 18.1. The van der Waals surface area contributed by atoms with Crippen LogP contribution in [0.4, 0.5) is 10.5 Å². The van der Waals surface area contributed by atoms with Gasteiger partial charge in [0.2, 0.25) is 5.82 Å². The fraction of sp³-hybridized carbons (Fsp3) is 0.211. The Labute approximate surface area is 160 Å². The first-order valence-corrected chi connectivity index (χ1v) is 9.12. The number of amides is 2. The Morgan fingerprint density at radius 3 is 2.65 bits per heavy atom. The number of nitrogens with zero attached hydrogens (tertiary/aromatic N) is 2. The van der Waals surface area contributed by atoms with Crippen LogP contribution in [0.2, 0.25) is 0 Å². The fourth-order valence-electron chi connectivity index (χ4n) is 2.28. The van der Waals surface area contributed by atoms with Gasteiger partial charge in [-0.1, -0.05) is 34.1 Å². The quantitative estimate of drug-likeness (QED) is 0.609. The lowest BCUT2D eigenvalue weighted by atomic mass is 10.2. The number of rotatable bonds is 5. The highest BCUT2D eigenvalue weighted by atomic mass is 79.9. The van der Waals surface area contributed by atoms with Crippen molar-refractivity contribution in [1.82, 2.24) is 15.5 Å². The van der Waals surface area contributed by atoms with E-state index in [1.807, 2.05) is 50.2 Å². The standard InChI is InChI=1S/C19H19BrN4O2/c1-3-12(2)21-19(25)22-16-9-7-13(8-10-16)17-23-18(26-24-17)14-5-4-6-15(20)11-14/h4-12H,3H2,1-2H3,(H2,21,22,25)/t12-/m0/s1. The van der Waals surface area contributed by atoms with Crippen molar-refractivity contribution in [2.24, 2.45) is 0 Å². The van der Waals surface area contributed by atoms with Crippen LogP contribution in [-0.2, 0) is 0 Å². The maximum atomic E-state index is 11.9. The molecule has 26 heavy (non-hydrogen) atoms. The van der Waals surface area contributed by atoms with E-state index in [-0.39, 0.29) is 12.1 Å². The van der Waals surface area contributed by atoms with Gasteiger partial charge in [0, 0.05) is 27.3 Å². The summed E-state index contributed by atoms with van der Waals surface area (Å²) < 4.78 is 6.29. The Bertz CT molecular complexity index is 893. The van der Waals surface area contributed by atoms with Gasteiger partial charge in [0.1, 0.15) is 0 Å². The van der Waals surface area contributed by atoms with Crippen LogP contribution in [0.5, 0.6) is 0 Å². The van der Waals surface area contributed by atoms with Crippen LogP contribution >= 0.6 is 15.9 Å². The number of aromatic nitrogens is 2. The first-order chi connectivity index (χ1) is 12.5. The molecule has 0 fully saturated rings. The molecule has 0 radical (unpaired) electrons. The molecule has 1 atom stereocenters. The predicted molar refractivity (Wildman–Crippen MR) is 105 cm³/mol. The highest BCUT2D eigenvalue weighted by Gasteiger charge is 2.11. The fourth-order valence-corrected chi connectivity index (χ4v) is 2.67. The topological polar surface area (TPSA) is 80.0 Å². The van der Waals surface area contributed by atoms with E-state index in [1.165, 1.54) is 0 Å². The summed E-state index contributed by atoms with van der Waals surface area (Å²) in [5.74, 6) is 0.951. The minimum absolute atomic E-state index is 0.130. The van der Waals surface area contributed by atoms with Crippen LogP contribution in [0.1, 0.15) is 20.3 Å². The van der Waals surface area contributed by atoms with E-state index in [9.17, 15) is 4.79 Å². The molecule has 7 heteroatoms. The third-order valence-corrected chi connectivity index (χ3v) is 4.38. The monoisotopic (exact) mass is 414 g/mol. The first-order valence-electron chi connectivity index (χ1n) is 8.32. The molecule has 3 rings (SSSR count). The summed E-state index contributed by atoms with van der Waals surface area (Å²) >= 11 is 3.43. The molecule has 0 bridgehead atoms. The van der Waals surface area contributed by atoms with E-state index < -0.39 is 0 Å². The van der Waals surface area contributed by atoms with Crippen molar-refractivity contribution >= 4 is 27.6 Å². The van der Waals surface area contributed by atoms with E-state index in [2.05, 4.69) is 36.7 Å². The van der Waals surface area contributed by atoms with Crippen molar-refractivity contribution in [3.05, 3.63) is 53.0 Å². The van der Waals surface area contributed by atoms with Gasteiger partial charge in [0.15, 0.2) is 0 Å². The van der Waals surface area contributed by atoms with Crippen LogP contribution in [0.25, 0.3) is 22.8 Å². The van der Waals surface area contributed by atoms with Gasteiger partial charge < -0.3 is 15.2 Å². The van der Waals surface area contributed by atoms with Gasteiger partial charge in [-0.15, -0.1) is 0 Å². The zero-order valence-corrected chi connectivity index (χ0v) is 16.1. The summed E-state index contributed by atoms with van der Waals surface area (Å²) in [4.78, 5) is 16.3. The van der Waals surface area contributed by atoms with E-state index in [0.717, 1.165) is 22.0 Å². The van der Waals surface area contributed by atoms with Crippen LogP contribution in [0.3, 0.4) is 0 Å². The van der Waals surface area contributed by atoms with Crippen LogP contribution in [0.15, 0.2) is 57.5 Å². The Morgan fingerprint density at radius 2 is 1.96 bits per heavy atom. The molecule has 2 amide bonds. The van der Waals surface area contributed by atoms with E-state index in [1.54, 1.807) is 12.1 Å². The molecule has 0 aliphatic rings. The molecule has 6 nitrogen and oxygen atoms in total. The average molecular weight is 415 g/mol. The van der Waals surface area contributed by atoms with Gasteiger partial charge >= 0.3 is 6.03 Å². The Balaban J connectivity index is 1.70. The molecular formula is C19H19BrN4O2. The Morgan fingerprint density at radius 1 is 1.19 bits per heavy atom. The number of nitrogens with one attached hydrogen (secondary N) is 2. The van der Waals surface area contributed by atoms with Crippen molar-refractivity contribution < 1.29 is 9.32 Å². The number of anilines is 1. The number of benzene rings is 2. The molecule has 3 aromatic rings. The van der Waals surface area contributed by atoms with Gasteiger partial charge in [0.05, 0.1) is 0 Å². The molecule has 1 aromatic heterocycles. The van der Waals surface area contributed by atoms with Gasteiger partial charge in [-0.3, -0.25) is 0 Å². The maximum absolute atomic E-state index is 11.9.